The molecule has 108 valence electrons. The standard InChI is InChI=1S/C16H22O3Si/c1-4-17-20(18-5-2,19-6-3)12-11-14-7-8-15-9-10-16(15)13-14/h7-13H,4-6H2,1-3H3. The van der Waals surface area contributed by atoms with Crippen LogP contribution >= 0.6 is 0 Å². The molecule has 0 N–H and O–H groups in total. The molecule has 0 radical (unpaired) electrons. The van der Waals surface area contributed by atoms with E-state index < -0.39 is 8.80 Å². The van der Waals surface area contributed by atoms with Crippen LogP contribution in [0.25, 0.3) is 18.2 Å². The first-order valence-electron chi connectivity index (χ1n) is 7.16. The van der Waals surface area contributed by atoms with E-state index in [4.69, 9.17) is 13.3 Å². The summed E-state index contributed by atoms with van der Waals surface area (Å²) >= 11 is 0. The van der Waals surface area contributed by atoms with Gasteiger partial charge >= 0.3 is 8.80 Å². The molecule has 1 aromatic carbocycles. The second-order valence-corrected chi connectivity index (χ2v) is 6.86. The Morgan fingerprint density at radius 2 is 1.50 bits per heavy atom. The quantitative estimate of drug-likeness (QED) is 0.693. The van der Waals surface area contributed by atoms with E-state index in [2.05, 4.69) is 30.4 Å². The van der Waals surface area contributed by atoms with Crippen LogP contribution in [-0.4, -0.2) is 28.6 Å². The minimum atomic E-state index is -2.69. The maximum atomic E-state index is 5.79. The summed E-state index contributed by atoms with van der Waals surface area (Å²) in [6.45, 7) is 7.65. The average molecular weight is 290 g/mol. The fraction of sp³-hybridized carbons (Fsp3) is 0.375. The van der Waals surface area contributed by atoms with Crippen molar-refractivity contribution < 1.29 is 13.3 Å². The third-order valence-corrected chi connectivity index (χ3v) is 5.72. The molecule has 0 bridgehead atoms. The fourth-order valence-electron chi connectivity index (χ4n) is 2.15. The zero-order valence-corrected chi connectivity index (χ0v) is 13.4. The molecule has 0 fully saturated rings. The highest BCUT2D eigenvalue weighted by Gasteiger charge is 2.37. The van der Waals surface area contributed by atoms with Gasteiger partial charge in [-0.25, -0.2) is 0 Å². The molecule has 1 aliphatic rings. The van der Waals surface area contributed by atoms with E-state index in [0.29, 0.717) is 19.8 Å². The maximum Gasteiger partial charge on any atom is 0.529 e. The third-order valence-electron chi connectivity index (χ3n) is 3.07. The predicted octanol–water partition coefficient (Wildman–Crippen LogP) is 3.77. The van der Waals surface area contributed by atoms with Crippen LogP contribution < -0.4 is 0 Å². The Labute approximate surface area is 122 Å². The molecule has 1 aromatic rings. The Kier molecular flexibility index (Phi) is 5.31. The van der Waals surface area contributed by atoms with Crippen LogP contribution in [-0.2, 0) is 13.3 Å². The van der Waals surface area contributed by atoms with Crippen LogP contribution in [0.1, 0.15) is 37.5 Å². The lowest BCUT2D eigenvalue weighted by Gasteiger charge is -2.25. The summed E-state index contributed by atoms with van der Waals surface area (Å²) in [5, 5.41) is 0. The van der Waals surface area contributed by atoms with E-state index in [9.17, 15) is 0 Å². The van der Waals surface area contributed by atoms with Crippen molar-refractivity contribution in [2.45, 2.75) is 20.8 Å². The molecule has 0 heterocycles. The summed E-state index contributed by atoms with van der Waals surface area (Å²) in [5.41, 5.74) is 5.70. The van der Waals surface area contributed by atoms with Crippen molar-refractivity contribution in [2.24, 2.45) is 0 Å². The van der Waals surface area contributed by atoms with Crippen LogP contribution in [0.15, 0.2) is 23.9 Å². The Bertz CT molecular complexity index is 491. The lowest BCUT2D eigenvalue weighted by atomic mass is 9.96. The van der Waals surface area contributed by atoms with E-state index in [1.165, 1.54) is 11.1 Å². The van der Waals surface area contributed by atoms with Crippen LogP contribution in [0.4, 0.5) is 0 Å². The van der Waals surface area contributed by atoms with Crippen molar-refractivity contribution in [3.63, 3.8) is 0 Å². The van der Waals surface area contributed by atoms with E-state index in [1.807, 2.05) is 32.5 Å². The number of fused-ring (bicyclic) bond motifs is 1. The van der Waals surface area contributed by atoms with Gasteiger partial charge in [-0.2, -0.15) is 0 Å². The highest BCUT2D eigenvalue weighted by Crippen LogP contribution is 2.25. The number of rotatable bonds is 8. The van der Waals surface area contributed by atoms with Crippen molar-refractivity contribution in [3.05, 3.63) is 40.6 Å². The molecule has 0 spiro atoms. The van der Waals surface area contributed by atoms with Gasteiger partial charge in [0, 0.05) is 19.8 Å². The van der Waals surface area contributed by atoms with E-state index in [-0.39, 0.29) is 0 Å². The van der Waals surface area contributed by atoms with Gasteiger partial charge in [0.05, 0.1) is 0 Å². The summed E-state index contributed by atoms with van der Waals surface area (Å²) in [5.74, 6) is 0. The third kappa shape index (κ3) is 3.46. The Morgan fingerprint density at radius 3 is 1.95 bits per heavy atom. The van der Waals surface area contributed by atoms with Crippen molar-refractivity contribution in [2.75, 3.05) is 19.8 Å². The van der Waals surface area contributed by atoms with Crippen molar-refractivity contribution in [3.8, 4) is 0 Å². The number of hydrogen-bond donors (Lipinski definition) is 0. The molecule has 4 heteroatoms. The number of hydrogen-bond acceptors (Lipinski definition) is 3. The van der Waals surface area contributed by atoms with Gasteiger partial charge in [-0.05, 0) is 49.2 Å². The molecule has 0 saturated carbocycles. The lowest BCUT2D eigenvalue weighted by molar-refractivity contribution is 0.0845. The van der Waals surface area contributed by atoms with E-state index in [1.54, 1.807) is 0 Å². The normalized spacial score (nSPS) is 13.6. The predicted molar refractivity (Wildman–Crippen MR) is 85.0 cm³/mol. The van der Waals surface area contributed by atoms with Gasteiger partial charge in [0.2, 0.25) is 0 Å². The van der Waals surface area contributed by atoms with Crippen molar-refractivity contribution >= 4 is 27.0 Å². The molecule has 0 aromatic heterocycles. The van der Waals surface area contributed by atoms with Gasteiger partial charge < -0.3 is 13.3 Å². The first-order valence-corrected chi connectivity index (χ1v) is 8.96. The van der Waals surface area contributed by atoms with Gasteiger partial charge in [-0.15, -0.1) is 0 Å². The first kappa shape index (κ1) is 15.2. The maximum absolute atomic E-state index is 5.79. The van der Waals surface area contributed by atoms with Gasteiger partial charge in [-0.1, -0.05) is 30.4 Å². The summed E-state index contributed by atoms with van der Waals surface area (Å²) in [4.78, 5) is 0. The Morgan fingerprint density at radius 1 is 0.900 bits per heavy atom. The second-order valence-electron chi connectivity index (χ2n) is 4.46. The van der Waals surface area contributed by atoms with Crippen LogP contribution in [0.3, 0.4) is 0 Å². The molecule has 0 amide bonds. The SMILES string of the molecule is CCO[Si](C=Cc1ccc2c(c1)C=C2)(OCC)OCC. The summed E-state index contributed by atoms with van der Waals surface area (Å²) < 4.78 is 17.4. The van der Waals surface area contributed by atoms with Gasteiger partial charge in [-0.3, -0.25) is 0 Å². The lowest BCUT2D eigenvalue weighted by Crippen LogP contribution is -2.44. The second kappa shape index (κ2) is 6.99. The van der Waals surface area contributed by atoms with Crippen LogP contribution in [0, 0.1) is 0 Å². The molecular weight excluding hydrogens is 268 g/mol. The molecule has 0 aliphatic heterocycles. The van der Waals surface area contributed by atoms with Gasteiger partial charge in [0.15, 0.2) is 0 Å². The molecule has 0 atom stereocenters. The monoisotopic (exact) mass is 290 g/mol. The van der Waals surface area contributed by atoms with E-state index in [0.717, 1.165) is 5.56 Å². The minimum Gasteiger partial charge on any atom is -0.371 e. The highest BCUT2D eigenvalue weighted by atomic mass is 28.4. The van der Waals surface area contributed by atoms with Crippen molar-refractivity contribution in [1.82, 2.24) is 0 Å². The number of benzene rings is 1. The molecule has 2 rings (SSSR count). The summed E-state index contributed by atoms with van der Waals surface area (Å²) in [7, 11) is -2.69. The zero-order chi connectivity index (χ0) is 14.4. The smallest absolute Gasteiger partial charge is 0.371 e. The van der Waals surface area contributed by atoms with Gasteiger partial charge in [0.1, 0.15) is 0 Å². The summed E-state index contributed by atoms with van der Waals surface area (Å²) in [6, 6.07) is 6.39. The average Bonchev–Trinajstić information content (AvgIpc) is 2.40. The van der Waals surface area contributed by atoms with Crippen molar-refractivity contribution in [1.29, 1.82) is 0 Å². The minimum absolute atomic E-state index is 0.587. The Hall–Kier alpha value is -1.20. The molecule has 0 unspecified atom stereocenters. The van der Waals surface area contributed by atoms with Crippen LogP contribution in [0.2, 0.25) is 0 Å². The molecule has 20 heavy (non-hydrogen) atoms. The van der Waals surface area contributed by atoms with Crippen LogP contribution in [0.5, 0.6) is 0 Å². The first-order chi connectivity index (χ1) is 9.73. The molecular formula is C16H22O3Si. The Balaban J connectivity index is 2.16. The van der Waals surface area contributed by atoms with E-state index >= 15 is 0 Å². The van der Waals surface area contributed by atoms with Gasteiger partial charge in [0.25, 0.3) is 0 Å². The summed E-state index contributed by atoms with van der Waals surface area (Å²) in [6.07, 6.45) is 6.27. The largest absolute Gasteiger partial charge is 0.529 e. The zero-order valence-electron chi connectivity index (χ0n) is 12.4. The fourth-order valence-corrected chi connectivity index (χ4v) is 4.29. The molecule has 0 saturated heterocycles. The topological polar surface area (TPSA) is 27.7 Å². The molecule has 1 aliphatic carbocycles. The molecule has 3 nitrogen and oxygen atoms in total. The highest BCUT2D eigenvalue weighted by molar-refractivity contribution is 6.67.